The number of carbonyl (C=O) groups excluding carboxylic acids is 2. The second-order valence-electron chi connectivity index (χ2n) is 8.88. The lowest BCUT2D eigenvalue weighted by Gasteiger charge is -2.22. The molecule has 8 nitrogen and oxygen atoms in total. The molecule has 0 radical (unpaired) electrons. The minimum absolute atomic E-state index is 0.0649. The normalized spacial score (nSPS) is 14.5. The molecule has 0 aliphatic carbocycles. The van der Waals surface area contributed by atoms with E-state index in [-0.39, 0.29) is 18.0 Å². The summed E-state index contributed by atoms with van der Waals surface area (Å²) in [5, 5.41) is 14.1. The number of methoxy groups -OCH3 is 2. The Kier molecular flexibility index (Phi) is 6.15. The number of fused-ring (bicyclic) bond motifs is 10. The summed E-state index contributed by atoms with van der Waals surface area (Å²) < 4.78 is 12.8. The molecule has 1 aliphatic rings. The molecule has 1 amide bonds. The van der Waals surface area contributed by atoms with E-state index >= 15 is 0 Å². The van der Waals surface area contributed by atoms with Crippen molar-refractivity contribution < 1.29 is 24.2 Å². The molecule has 0 fully saturated rings. The number of aromatic amines is 1. The average Bonchev–Trinajstić information content (AvgIpc) is 3.59. The van der Waals surface area contributed by atoms with Gasteiger partial charge in [0, 0.05) is 59.9 Å². The first-order valence-electron chi connectivity index (χ1n) is 11.8. The van der Waals surface area contributed by atoms with Gasteiger partial charge >= 0.3 is 5.97 Å². The number of aromatic nitrogens is 2. The Hall–Kier alpha value is -3.88. The molecule has 186 valence electrons. The van der Waals surface area contributed by atoms with Gasteiger partial charge < -0.3 is 29.4 Å². The summed E-state index contributed by atoms with van der Waals surface area (Å²) in [6.07, 6.45) is -0.348. The van der Waals surface area contributed by atoms with Gasteiger partial charge in [0.1, 0.15) is 5.92 Å². The smallest absolute Gasteiger partial charge is 0.313 e. The number of rotatable bonds is 5. The second-order valence-corrected chi connectivity index (χ2v) is 8.88. The van der Waals surface area contributed by atoms with Gasteiger partial charge in [-0.05, 0) is 24.6 Å². The van der Waals surface area contributed by atoms with Gasteiger partial charge in [0.25, 0.3) is 5.91 Å². The zero-order chi connectivity index (χ0) is 25.6. The number of esters is 1. The maximum atomic E-state index is 13.1. The Bertz CT molecular complexity index is 1630. The topological polar surface area (TPSA) is 106 Å². The highest BCUT2D eigenvalue weighted by Crippen LogP contribution is 2.43. The summed E-state index contributed by atoms with van der Waals surface area (Å²) in [5.74, 6) is -0.910. The number of benzene rings is 3. The predicted molar refractivity (Wildman–Crippen MR) is 140 cm³/mol. The van der Waals surface area contributed by atoms with Gasteiger partial charge in [0.15, 0.2) is 0 Å². The van der Waals surface area contributed by atoms with Gasteiger partial charge in [-0.25, -0.2) is 0 Å². The number of carbonyl (C=O) groups is 2. The van der Waals surface area contributed by atoms with Crippen molar-refractivity contribution in [2.45, 2.75) is 26.1 Å². The Morgan fingerprint density at radius 1 is 1.06 bits per heavy atom. The number of aliphatic hydroxyl groups excluding tert-OH is 1. The van der Waals surface area contributed by atoms with Crippen LogP contribution in [0.4, 0.5) is 0 Å². The van der Waals surface area contributed by atoms with Crippen LogP contribution in [0, 0.1) is 5.92 Å². The molecule has 36 heavy (non-hydrogen) atoms. The van der Waals surface area contributed by atoms with Crippen molar-refractivity contribution in [1.29, 1.82) is 0 Å². The van der Waals surface area contributed by atoms with E-state index in [1.807, 2.05) is 43.3 Å². The van der Waals surface area contributed by atoms with Crippen LogP contribution < -0.4 is 5.32 Å². The minimum Gasteiger partial charge on any atom is -0.469 e. The van der Waals surface area contributed by atoms with E-state index in [4.69, 9.17) is 14.6 Å². The van der Waals surface area contributed by atoms with Gasteiger partial charge in [0.2, 0.25) is 0 Å². The third-order valence-electron chi connectivity index (χ3n) is 7.24. The highest BCUT2D eigenvalue weighted by atomic mass is 16.5. The SMILES string of the molecule is CO.COC(=O)C(Cn1c2ccccc2c2c3c(c4c5ccccc5[nH]c4c21)CNC3=O)C(C)OC. The molecule has 3 N–H and O–H groups in total. The number of para-hydroxylation sites is 2. The standard InChI is InChI=1S/C27H25N3O4.CH4O/c1-14(33-2)18(27(32)34-3)13-30-20-11-7-5-9-16(20)22-23-17(12-28-26(23)31)21-15-8-4-6-10-19(15)29-24(21)25(22)30;1-2/h4-11,14,18,29H,12-13H2,1-3H3,(H,28,31);2H,1H3. The van der Waals surface area contributed by atoms with Crippen molar-refractivity contribution in [2.24, 2.45) is 5.92 Å². The van der Waals surface area contributed by atoms with E-state index in [9.17, 15) is 9.59 Å². The quantitative estimate of drug-likeness (QED) is 0.324. The highest BCUT2D eigenvalue weighted by Gasteiger charge is 2.33. The van der Waals surface area contributed by atoms with E-state index in [2.05, 4.69) is 27.0 Å². The first kappa shape index (κ1) is 23.8. The summed E-state index contributed by atoms with van der Waals surface area (Å²) in [6, 6.07) is 16.2. The van der Waals surface area contributed by atoms with Gasteiger partial charge in [-0.1, -0.05) is 36.4 Å². The number of hydrogen-bond acceptors (Lipinski definition) is 5. The number of ether oxygens (including phenoxy) is 2. The fraction of sp³-hybridized carbons (Fsp3) is 0.286. The maximum Gasteiger partial charge on any atom is 0.313 e. The lowest BCUT2D eigenvalue weighted by Crippen LogP contribution is -2.32. The summed E-state index contributed by atoms with van der Waals surface area (Å²) in [6.45, 7) is 2.73. The van der Waals surface area contributed by atoms with Crippen LogP contribution in [0.5, 0.6) is 0 Å². The summed E-state index contributed by atoms with van der Waals surface area (Å²) in [7, 11) is 4.00. The number of aliphatic hydroxyl groups is 1. The van der Waals surface area contributed by atoms with Crippen molar-refractivity contribution in [3.8, 4) is 0 Å². The first-order valence-corrected chi connectivity index (χ1v) is 11.8. The van der Waals surface area contributed by atoms with E-state index in [0.29, 0.717) is 13.1 Å². The largest absolute Gasteiger partial charge is 0.469 e. The number of hydrogen-bond donors (Lipinski definition) is 3. The van der Waals surface area contributed by atoms with Crippen molar-refractivity contribution in [2.75, 3.05) is 21.3 Å². The number of nitrogens with one attached hydrogen (secondary N) is 2. The number of H-pyrrole nitrogens is 1. The Morgan fingerprint density at radius 2 is 1.75 bits per heavy atom. The van der Waals surface area contributed by atoms with E-state index in [1.165, 1.54) is 7.11 Å². The summed E-state index contributed by atoms with van der Waals surface area (Å²) in [5.41, 5.74) is 5.59. The second kappa shape index (κ2) is 9.29. The Morgan fingerprint density at radius 3 is 2.47 bits per heavy atom. The van der Waals surface area contributed by atoms with Crippen LogP contribution >= 0.6 is 0 Å². The molecule has 0 saturated carbocycles. The third kappa shape index (κ3) is 3.37. The molecule has 5 aromatic rings. The zero-order valence-electron chi connectivity index (χ0n) is 20.7. The van der Waals surface area contributed by atoms with Gasteiger partial charge in [-0.15, -0.1) is 0 Å². The van der Waals surface area contributed by atoms with Crippen LogP contribution in [0.25, 0.3) is 43.6 Å². The molecule has 0 bridgehead atoms. The maximum absolute atomic E-state index is 13.1. The zero-order valence-corrected chi connectivity index (χ0v) is 20.7. The number of nitrogens with zero attached hydrogens (tertiary/aromatic N) is 1. The Labute approximate surface area is 207 Å². The Balaban J connectivity index is 0.00000130. The van der Waals surface area contributed by atoms with Crippen LogP contribution in [-0.2, 0) is 27.4 Å². The minimum atomic E-state index is -0.518. The van der Waals surface area contributed by atoms with E-state index in [1.54, 1.807) is 7.11 Å². The third-order valence-corrected chi connectivity index (χ3v) is 7.24. The molecule has 1 aliphatic heterocycles. The first-order chi connectivity index (χ1) is 17.5. The van der Waals surface area contributed by atoms with Gasteiger partial charge in [-0.3, -0.25) is 9.59 Å². The lowest BCUT2D eigenvalue weighted by molar-refractivity contribution is -0.150. The average molecular weight is 488 g/mol. The van der Waals surface area contributed by atoms with Crippen molar-refractivity contribution >= 4 is 55.5 Å². The lowest BCUT2D eigenvalue weighted by atomic mass is 9.97. The van der Waals surface area contributed by atoms with Crippen LogP contribution in [-0.4, -0.2) is 54.0 Å². The molecular weight excluding hydrogens is 458 g/mol. The number of amides is 1. The fourth-order valence-corrected chi connectivity index (χ4v) is 5.53. The molecule has 2 aromatic heterocycles. The molecule has 0 spiro atoms. The molecule has 0 saturated heterocycles. The molecule has 8 heteroatoms. The van der Waals surface area contributed by atoms with Crippen molar-refractivity contribution in [3.63, 3.8) is 0 Å². The molecular formula is C28H29N3O5. The van der Waals surface area contributed by atoms with Crippen LogP contribution in [0.3, 0.4) is 0 Å². The molecule has 2 atom stereocenters. The fourth-order valence-electron chi connectivity index (χ4n) is 5.53. The molecule has 3 aromatic carbocycles. The van der Waals surface area contributed by atoms with E-state index in [0.717, 1.165) is 61.8 Å². The van der Waals surface area contributed by atoms with Crippen LogP contribution in [0.2, 0.25) is 0 Å². The summed E-state index contributed by atoms with van der Waals surface area (Å²) in [4.78, 5) is 29.5. The van der Waals surface area contributed by atoms with Crippen LogP contribution in [0.1, 0.15) is 22.8 Å². The highest BCUT2D eigenvalue weighted by molar-refractivity contribution is 6.30. The van der Waals surface area contributed by atoms with Crippen molar-refractivity contribution in [3.05, 3.63) is 59.7 Å². The summed E-state index contributed by atoms with van der Waals surface area (Å²) >= 11 is 0. The van der Waals surface area contributed by atoms with Gasteiger partial charge in [-0.2, -0.15) is 0 Å². The molecule has 6 rings (SSSR count). The van der Waals surface area contributed by atoms with Crippen LogP contribution in [0.15, 0.2) is 48.5 Å². The van der Waals surface area contributed by atoms with Crippen molar-refractivity contribution in [1.82, 2.24) is 14.9 Å². The van der Waals surface area contributed by atoms with E-state index < -0.39 is 5.92 Å². The monoisotopic (exact) mass is 487 g/mol. The van der Waals surface area contributed by atoms with Gasteiger partial charge in [0.05, 0.1) is 29.8 Å². The molecule has 3 heterocycles. The predicted octanol–water partition coefficient (Wildman–Crippen LogP) is 4.11. The molecule has 2 unspecified atom stereocenters.